The standard InChI is InChI=1S/C19H29N3/c1-12(2)14-10-11-17(19(14,5)13(3)4)22-16-9-7-6-8-15(16)21-18(22)20/h6-9,12-14,17H,10-11H2,1-5H3,(H2,20,21)/t14?,17?,19-/m0/s1. The van der Waals surface area contributed by atoms with Gasteiger partial charge in [-0.3, -0.25) is 0 Å². The summed E-state index contributed by atoms with van der Waals surface area (Å²) in [5.74, 6) is 2.72. The van der Waals surface area contributed by atoms with Crippen LogP contribution in [0.1, 0.15) is 53.5 Å². The van der Waals surface area contributed by atoms with Crippen molar-refractivity contribution in [2.75, 3.05) is 5.73 Å². The zero-order chi connectivity index (χ0) is 16.1. The van der Waals surface area contributed by atoms with E-state index in [1.54, 1.807) is 0 Å². The molecule has 0 amide bonds. The van der Waals surface area contributed by atoms with Crippen LogP contribution in [-0.4, -0.2) is 9.55 Å². The van der Waals surface area contributed by atoms with Gasteiger partial charge in [0.05, 0.1) is 11.0 Å². The van der Waals surface area contributed by atoms with Crippen molar-refractivity contribution in [3.63, 3.8) is 0 Å². The first-order chi connectivity index (χ1) is 10.4. The minimum absolute atomic E-state index is 0.256. The van der Waals surface area contributed by atoms with Gasteiger partial charge in [-0.05, 0) is 48.1 Å². The topological polar surface area (TPSA) is 43.8 Å². The Hall–Kier alpha value is -1.51. The minimum atomic E-state index is 0.256. The first kappa shape index (κ1) is 15.4. The van der Waals surface area contributed by atoms with Crippen molar-refractivity contribution in [3.8, 4) is 0 Å². The van der Waals surface area contributed by atoms with Crippen LogP contribution in [0, 0.1) is 23.2 Å². The normalized spacial score (nSPS) is 29.0. The van der Waals surface area contributed by atoms with Gasteiger partial charge in [-0.2, -0.15) is 0 Å². The molecule has 120 valence electrons. The van der Waals surface area contributed by atoms with Crippen LogP contribution in [0.15, 0.2) is 24.3 Å². The Kier molecular flexibility index (Phi) is 3.70. The highest BCUT2D eigenvalue weighted by Gasteiger charge is 2.50. The molecular formula is C19H29N3. The summed E-state index contributed by atoms with van der Waals surface area (Å²) in [7, 11) is 0. The van der Waals surface area contributed by atoms with Gasteiger partial charge in [0.15, 0.2) is 0 Å². The van der Waals surface area contributed by atoms with E-state index in [0.717, 1.165) is 11.4 Å². The highest BCUT2D eigenvalue weighted by Crippen LogP contribution is 2.58. The van der Waals surface area contributed by atoms with Crippen LogP contribution in [-0.2, 0) is 0 Å². The summed E-state index contributed by atoms with van der Waals surface area (Å²) in [5.41, 5.74) is 8.78. The monoisotopic (exact) mass is 299 g/mol. The molecule has 2 aromatic rings. The third-order valence-corrected chi connectivity index (χ3v) is 6.25. The summed E-state index contributed by atoms with van der Waals surface area (Å²) in [5, 5.41) is 0. The molecule has 1 fully saturated rings. The van der Waals surface area contributed by atoms with Crippen LogP contribution in [0.5, 0.6) is 0 Å². The molecule has 3 heteroatoms. The van der Waals surface area contributed by atoms with E-state index >= 15 is 0 Å². The zero-order valence-corrected chi connectivity index (χ0v) is 14.5. The van der Waals surface area contributed by atoms with E-state index < -0.39 is 0 Å². The lowest BCUT2D eigenvalue weighted by molar-refractivity contribution is 0.0691. The number of hydrogen-bond donors (Lipinski definition) is 1. The van der Waals surface area contributed by atoms with Crippen LogP contribution in [0.25, 0.3) is 11.0 Å². The average Bonchev–Trinajstić information content (AvgIpc) is 2.96. The highest BCUT2D eigenvalue weighted by atomic mass is 15.2. The van der Waals surface area contributed by atoms with E-state index in [-0.39, 0.29) is 5.41 Å². The molecule has 2 unspecified atom stereocenters. The molecule has 1 heterocycles. The number of rotatable bonds is 3. The maximum absolute atomic E-state index is 6.33. The second-order valence-corrected chi connectivity index (χ2v) is 7.79. The van der Waals surface area contributed by atoms with Gasteiger partial charge in [0.25, 0.3) is 0 Å². The minimum Gasteiger partial charge on any atom is -0.369 e. The maximum atomic E-state index is 6.33. The fraction of sp³-hybridized carbons (Fsp3) is 0.632. The van der Waals surface area contributed by atoms with Crippen molar-refractivity contribution in [1.82, 2.24) is 9.55 Å². The number of nitrogens with two attached hydrogens (primary N) is 1. The summed E-state index contributed by atoms with van der Waals surface area (Å²) >= 11 is 0. The largest absolute Gasteiger partial charge is 0.369 e. The van der Waals surface area contributed by atoms with Gasteiger partial charge >= 0.3 is 0 Å². The first-order valence-corrected chi connectivity index (χ1v) is 8.59. The van der Waals surface area contributed by atoms with Crippen molar-refractivity contribution >= 4 is 17.0 Å². The fourth-order valence-corrected chi connectivity index (χ4v) is 4.87. The molecule has 2 N–H and O–H groups in total. The smallest absolute Gasteiger partial charge is 0.201 e. The van der Waals surface area contributed by atoms with Crippen LogP contribution >= 0.6 is 0 Å². The number of nitrogens with zero attached hydrogens (tertiary/aromatic N) is 2. The number of aromatic nitrogens is 2. The average molecular weight is 299 g/mol. The predicted molar refractivity (Wildman–Crippen MR) is 93.7 cm³/mol. The molecule has 1 aliphatic carbocycles. The maximum Gasteiger partial charge on any atom is 0.201 e. The van der Waals surface area contributed by atoms with E-state index in [9.17, 15) is 0 Å². The second kappa shape index (κ2) is 5.29. The molecule has 0 aliphatic heterocycles. The van der Waals surface area contributed by atoms with Gasteiger partial charge in [0, 0.05) is 6.04 Å². The number of para-hydroxylation sites is 2. The number of hydrogen-bond acceptors (Lipinski definition) is 2. The molecule has 3 atom stereocenters. The van der Waals surface area contributed by atoms with E-state index in [4.69, 9.17) is 5.73 Å². The van der Waals surface area contributed by atoms with Crippen molar-refractivity contribution in [2.24, 2.45) is 23.2 Å². The Bertz CT molecular complexity index is 670. The number of nitrogen functional groups attached to an aromatic ring is 1. The molecule has 0 radical (unpaired) electrons. The Balaban J connectivity index is 2.15. The molecule has 3 nitrogen and oxygen atoms in total. The van der Waals surface area contributed by atoms with E-state index in [0.29, 0.717) is 23.8 Å². The zero-order valence-electron chi connectivity index (χ0n) is 14.5. The fourth-order valence-electron chi connectivity index (χ4n) is 4.87. The van der Waals surface area contributed by atoms with Crippen molar-refractivity contribution in [3.05, 3.63) is 24.3 Å². The van der Waals surface area contributed by atoms with Gasteiger partial charge in [-0.1, -0.05) is 46.8 Å². The number of fused-ring (bicyclic) bond motifs is 1. The summed E-state index contributed by atoms with van der Waals surface area (Å²) in [6, 6.07) is 8.77. The van der Waals surface area contributed by atoms with Crippen LogP contribution in [0.2, 0.25) is 0 Å². The van der Waals surface area contributed by atoms with Gasteiger partial charge in [0.1, 0.15) is 0 Å². The van der Waals surface area contributed by atoms with Crippen molar-refractivity contribution in [2.45, 2.75) is 53.5 Å². The van der Waals surface area contributed by atoms with Crippen LogP contribution < -0.4 is 5.73 Å². The van der Waals surface area contributed by atoms with Crippen LogP contribution in [0.4, 0.5) is 5.95 Å². The lowest BCUT2D eigenvalue weighted by Crippen LogP contribution is -2.38. The lowest BCUT2D eigenvalue weighted by Gasteiger charge is -2.43. The Morgan fingerprint density at radius 1 is 1.18 bits per heavy atom. The second-order valence-electron chi connectivity index (χ2n) is 7.79. The summed E-state index contributed by atoms with van der Waals surface area (Å²) in [6.07, 6.45) is 2.48. The molecule has 0 bridgehead atoms. The molecule has 1 aromatic heterocycles. The molecule has 1 aromatic carbocycles. The summed E-state index contributed by atoms with van der Waals surface area (Å²) < 4.78 is 2.32. The number of anilines is 1. The predicted octanol–water partition coefficient (Wildman–Crippen LogP) is 4.89. The van der Waals surface area contributed by atoms with E-state index in [2.05, 4.69) is 62.4 Å². The number of imidazole rings is 1. The molecular weight excluding hydrogens is 270 g/mol. The SMILES string of the molecule is CC(C)C1CCC(n2c(N)nc3ccccc32)[C@@]1(C)C(C)C. The first-order valence-electron chi connectivity index (χ1n) is 8.59. The third-order valence-electron chi connectivity index (χ3n) is 6.25. The van der Waals surface area contributed by atoms with E-state index in [1.807, 2.05) is 6.07 Å². The summed E-state index contributed by atoms with van der Waals surface area (Å²) in [4.78, 5) is 4.59. The van der Waals surface area contributed by atoms with Gasteiger partial charge < -0.3 is 10.3 Å². The Morgan fingerprint density at radius 2 is 1.86 bits per heavy atom. The molecule has 22 heavy (non-hydrogen) atoms. The van der Waals surface area contributed by atoms with Gasteiger partial charge in [0.2, 0.25) is 5.95 Å². The van der Waals surface area contributed by atoms with Crippen molar-refractivity contribution in [1.29, 1.82) is 0 Å². The third kappa shape index (κ3) is 2.05. The van der Waals surface area contributed by atoms with E-state index in [1.165, 1.54) is 18.4 Å². The lowest BCUT2D eigenvalue weighted by atomic mass is 9.65. The van der Waals surface area contributed by atoms with Gasteiger partial charge in [-0.15, -0.1) is 0 Å². The molecule has 0 saturated heterocycles. The molecule has 1 saturated carbocycles. The molecule has 3 rings (SSSR count). The Morgan fingerprint density at radius 3 is 2.50 bits per heavy atom. The van der Waals surface area contributed by atoms with Gasteiger partial charge in [-0.25, -0.2) is 4.98 Å². The molecule has 1 aliphatic rings. The summed E-state index contributed by atoms with van der Waals surface area (Å²) in [6.45, 7) is 11.9. The number of benzene rings is 1. The highest BCUT2D eigenvalue weighted by molar-refractivity contribution is 5.78. The quantitative estimate of drug-likeness (QED) is 0.877. The molecule has 0 spiro atoms. The Labute approximate surface area is 133 Å². The van der Waals surface area contributed by atoms with Crippen LogP contribution in [0.3, 0.4) is 0 Å². The van der Waals surface area contributed by atoms with Crippen molar-refractivity contribution < 1.29 is 0 Å².